The summed E-state index contributed by atoms with van der Waals surface area (Å²) in [5, 5.41) is 90.7. The summed E-state index contributed by atoms with van der Waals surface area (Å²) in [6, 6.07) is 7.52. The van der Waals surface area contributed by atoms with Gasteiger partial charge < -0.3 is 69.3 Å². The van der Waals surface area contributed by atoms with Gasteiger partial charge in [0.25, 0.3) is 0 Å². The Kier molecular flexibility index (Phi) is 8.30. The smallest absolute Gasteiger partial charge is 0.239 e. The minimum atomic E-state index is -1.81. The number of aliphatic hydroxyl groups is 6. The minimum absolute atomic E-state index is 0.0788. The molecule has 0 aliphatic carbocycles. The lowest BCUT2D eigenvalue weighted by Crippen LogP contribution is -2.61. The van der Waals surface area contributed by atoms with E-state index in [2.05, 4.69) is 0 Å². The predicted octanol–water partition coefficient (Wildman–Crippen LogP) is -1.39. The fourth-order valence-corrected chi connectivity index (χ4v) is 4.88. The lowest BCUT2D eigenvalue weighted by molar-refractivity contribution is -0.320. The Balaban J connectivity index is 1.41. The Bertz CT molecular complexity index is 1470. The van der Waals surface area contributed by atoms with Crippen LogP contribution in [-0.2, 0) is 14.2 Å². The van der Waals surface area contributed by atoms with Gasteiger partial charge >= 0.3 is 0 Å². The van der Waals surface area contributed by atoms with Crippen molar-refractivity contribution in [1.82, 2.24) is 0 Å². The maximum atomic E-state index is 13.6. The summed E-state index contributed by atoms with van der Waals surface area (Å²) < 4.78 is 27.9. The third kappa shape index (κ3) is 5.49. The first-order chi connectivity index (χ1) is 19.9. The number of benzene rings is 2. The van der Waals surface area contributed by atoms with Crippen molar-refractivity contribution in [1.29, 1.82) is 0 Å². The van der Waals surface area contributed by atoms with Gasteiger partial charge in [-0.25, -0.2) is 0 Å². The number of ether oxygens (including phenoxy) is 4. The Labute approximate surface area is 236 Å². The van der Waals surface area contributed by atoms with Crippen LogP contribution in [0.2, 0.25) is 0 Å². The highest BCUT2D eigenvalue weighted by molar-refractivity contribution is 5.88. The summed E-state index contributed by atoms with van der Waals surface area (Å²) in [6.07, 6.45) is -15.7. The zero-order chi connectivity index (χ0) is 30.5. The normalized spacial score (nSPS) is 33.5. The highest BCUT2D eigenvalue weighted by Gasteiger charge is 2.47. The van der Waals surface area contributed by atoms with Gasteiger partial charge in [-0.15, -0.1) is 0 Å². The van der Waals surface area contributed by atoms with Gasteiger partial charge in [0.2, 0.25) is 11.2 Å². The molecule has 2 fully saturated rings. The number of aromatic hydroxyl groups is 3. The van der Waals surface area contributed by atoms with Crippen LogP contribution in [0.3, 0.4) is 0 Å². The van der Waals surface area contributed by atoms with Gasteiger partial charge in [0, 0.05) is 17.7 Å². The number of fused-ring (bicyclic) bond motifs is 1. The number of hydrogen-bond donors (Lipinski definition) is 9. The Morgan fingerprint density at radius 1 is 0.810 bits per heavy atom. The molecular formula is C27H30O15. The number of phenols is 3. The Hall–Kier alpha value is -3.51. The second-order valence-corrected chi connectivity index (χ2v) is 10.1. The zero-order valence-corrected chi connectivity index (χ0v) is 21.9. The lowest BCUT2D eigenvalue weighted by atomic mass is 9.98. The molecule has 0 amide bonds. The Morgan fingerprint density at radius 3 is 2.19 bits per heavy atom. The summed E-state index contributed by atoms with van der Waals surface area (Å²) in [6.45, 7) is 0.921. The van der Waals surface area contributed by atoms with Crippen LogP contribution in [0.1, 0.15) is 6.92 Å². The average molecular weight is 595 g/mol. The van der Waals surface area contributed by atoms with Gasteiger partial charge in [0.15, 0.2) is 24.4 Å². The molecule has 15 nitrogen and oxygen atoms in total. The van der Waals surface area contributed by atoms with Gasteiger partial charge in [0.05, 0.1) is 12.7 Å². The molecule has 2 aliphatic heterocycles. The SMILES string of the molecule is C[C@H]1O[C@@H](OC[C@@H]2O[C@@H](O)[C@@H](O)[C@@H](O)[C@@H]2O)[C@@H](O)[C@H](O)[C@@H]1Oc1c(-c2ccc(O)cc2)oc2cc(O)cc(O)c2c1=O. The molecule has 2 saturated heterocycles. The van der Waals surface area contributed by atoms with Crippen LogP contribution >= 0.6 is 0 Å². The molecule has 2 aliphatic rings. The quantitative estimate of drug-likeness (QED) is 0.159. The van der Waals surface area contributed by atoms with Crippen molar-refractivity contribution in [3.63, 3.8) is 0 Å². The van der Waals surface area contributed by atoms with Crippen LogP contribution in [0.15, 0.2) is 45.6 Å². The van der Waals surface area contributed by atoms with Gasteiger partial charge in [-0.05, 0) is 31.2 Å². The Morgan fingerprint density at radius 2 is 1.50 bits per heavy atom. The van der Waals surface area contributed by atoms with E-state index in [9.17, 15) is 50.8 Å². The molecule has 0 unspecified atom stereocenters. The minimum Gasteiger partial charge on any atom is -0.508 e. The van der Waals surface area contributed by atoms with Crippen LogP contribution in [0, 0.1) is 0 Å². The van der Waals surface area contributed by atoms with E-state index in [0.717, 1.165) is 12.1 Å². The van der Waals surface area contributed by atoms with Crippen LogP contribution in [0.4, 0.5) is 0 Å². The zero-order valence-electron chi connectivity index (χ0n) is 21.9. The summed E-state index contributed by atoms with van der Waals surface area (Å²) >= 11 is 0. The summed E-state index contributed by atoms with van der Waals surface area (Å²) in [5.74, 6) is -1.70. The topological polar surface area (TPSA) is 249 Å². The van der Waals surface area contributed by atoms with Crippen LogP contribution < -0.4 is 10.2 Å². The van der Waals surface area contributed by atoms with Crippen LogP contribution in [-0.4, -0.2) is 114 Å². The molecule has 2 aromatic carbocycles. The van der Waals surface area contributed by atoms with Crippen molar-refractivity contribution in [2.45, 2.75) is 68.3 Å². The highest BCUT2D eigenvalue weighted by Crippen LogP contribution is 2.38. The third-order valence-corrected chi connectivity index (χ3v) is 7.19. The summed E-state index contributed by atoms with van der Waals surface area (Å²) in [7, 11) is 0. The standard InChI is InChI=1S/C27H30O15/c1-9-23(20(34)22(36)27(39-9)38-8-15-17(31)19(33)21(35)26(37)41-15)42-25-18(32)16-13(30)6-12(29)7-14(16)40-24(25)10-2-4-11(28)5-3-10/h2-7,9,15,17,19-23,26-31,33-37H,8H2,1H3/t9-,15+,17-,19+,20+,21+,22+,23-,26-,27-/m1/s1. The monoisotopic (exact) mass is 594 g/mol. The van der Waals surface area contributed by atoms with Crippen LogP contribution in [0.5, 0.6) is 23.0 Å². The van der Waals surface area contributed by atoms with E-state index < -0.39 is 84.9 Å². The maximum absolute atomic E-state index is 13.6. The van der Waals surface area contributed by atoms with Gasteiger partial charge in [0.1, 0.15) is 64.8 Å². The van der Waals surface area contributed by atoms with E-state index in [1.807, 2.05) is 0 Å². The van der Waals surface area contributed by atoms with E-state index in [1.165, 1.54) is 31.2 Å². The predicted molar refractivity (Wildman–Crippen MR) is 139 cm³/mol. The fraction of sp³-hybridized carbons (Fsp3) is 0.444. The molecule has 0 bridgehead atoms. The molecule has 42 heavy (non-hydrogen) atoms. The lowest BCUT2D eigenvalue weighted by Gasteiger charge is -2.42. The molecule has 5 rings (SSSR count). The molecule has 0 radical (unpaired) electrons. The van der Waals surface area contributed by atoms with E-state index in [0.29, 0.717) is 0 Å². The molecule has 3 heterocycles. The average Bonchev–Trinajstić information content (AvgIpc) is 2.94. The molecule has 9 N–H and O–H groups in total. The number of phenolic OH excluding ortho intramolecular Hbond substituents is 3. The van der Waals surface area contributed by atoms with E-state index >= 15 is 0 Å². The van der Waals surface area contributed by atoms with Crippen molar-refractivity contribution < 1.29 is 69.3 Å². The molecule has 0 spiro atoms. The number of hydrogen-bond acceptors (Lipinski definition) is 15. The largest absolute Gasteiger partial charge is 0.508 e. The first kappa shape index (κ1) is 30.0. The fourth-order valence-electron chi connectivity index (χ4n) is 4.88. The van der Waals surface area contributed by atoms with Gasteiger partial charge in [-0.1, -0.05) is 0 Å². The van der Waals surface area contributed by atoms with Crippen molar-refractivity contribution in [3.8, 4) is 34.3 Å². The molecule has 1 aromatic heterocycles. The van der Waals surface area contributed by atoms with Crippen molar-refractivity contribution in [2.75, 3.05) is 6.61 Å². The molecule has 228 valence electrons. The van der Waals surface area contributed by atoms with Crippen molar-refractivity contribution in [3.05, 3.63) is 46.6 Å². The first-order valence-electron chi connectivity index (χ1n) is 12.9. The second kappa shape index (κ2) is 11.6. The van der Waals surface area contributed by atoms with Gasteiger partial charge in [-0.2, -0.15) is 0 Å². The second-order valence-electron chi connectivity index (χ2n) is 10.1. The number of rotatable bonds is 6. The molecule has 10 atom stereocenters. The molecular weight excluding hydrogens is 564 g/mol. The summed E-state index contributed by atoms with van der Waals surface area (Å²) in [4.78, 5) is 13.6. The van der Waals surface area contributed by atoms with Gasteiger partial charge in [-0.3, -0.25) is 4.79 Å². The van der Waals surface area contributed by atoms with Crippen molar-refractivity contribution in [2.24, 2.45) is 0 Å². The number of aliphatic hydroxyl groups excluding tert-OH is 6. The first-order valence-corrected chi connectivity index (χ1v) is 12.9. The molecule has 3 aromatic rings. The van der Waals surface area contributed by atoms with E-state index in [1.54, 1.807) is 0 Å². The van der Waals surface area contributed by atoms with E-state index in [-0.39, 0.29) is 33.8 Å². The molecule has 0 saturated carbocycles. The van der Waals surface area contributed by atoms with E-state index in [4.69, 9.17) is 23.4 Å². The summed E-state index contributed by atoms with van der Waals surface area (Å²) in [5.41, 5.74) is -0.789. The third-order valence-electron chi connectivity index (χ3n) is 7.19. The highest BCUT2D eigenvalue weighted by atomic mass is 16.7. The van der Waals surface area contributed by atoms with Crippen molar-refractivity contribution >= 4 is 11.0 Å². The van der Waals surface area contributed by atoms with Crippen LogP contribution in [0.25, 0.3) is 22.3 Å². The maximum Gasteiger partial charge on any atom is 0.239 e. The molecule has 15 heteroatoms.